The van der Waals surface area contributed by atoms with Crippen LogP contribution >= 0.6 is 0 Å². The number of amides is 2. The number of ether oxygens (including phenoxy) is 2. The number of hydrogen-bond donors (Lipinski definition) is 1. The van der Waals surface area contributed by atoms with Gasteiger partial charge in [0.25, 0.3) is 11.8 Å². The average Bonchev–Trinajstić information content (AvgIpc) is 2.84. The molecule has 7 heteroatoms. The van der Waals surface area contributed by atoms with Crippen LogP contribution in [0.1, 0.15) is 33.6 Å². The number of rotatable bonds is 8. The Hall–Kier alpha value is -0.682. The summed E-state index contributed by atoms with van der Waals surface area (Å²) in [6.45, 7) is 8.30. The van der Waals surface area contributed by atoms with E-state index >= 15 is 0 Å². The summed E-state index contributed by atoms with van der Waals surface area (Å²) in [6.07, 6.45) is 4.52. The van der Waals surface area contributed by atoms with Gasteiger partial charge in [-0.05, 0) is 20.3 Å². The third-order valence-corrected chi connectivity index (χ3v) is 2.74. The van der Waals surface area contributed by atoms with Crippen molar-refractivity contribution in [2.75, 3.05) is 33.4 Å². The second-order valence-corrected chi connectivity index (χ2v) is 5.34. The Kier molecular flexibility index (Phi) is 15.9. The summed E-state index contributed by atoms with van der Waals surface area (Å²) in [4.78, 5) is 26.4. The van der Waals surface area contributed by atoms with Crippen molar-refractivity contribution in [3.63, 3.8) is 0 Å². The Morgan fingerprint density at radius 3 is 2.17 bits per heavy atom. The summed E-state index contributed by atoms with van der Waals surface area (Å²) in [6, 6.07) is 0. The maximum absolute atomic E-state index is 10.9. The van der Waals surface area contributed by atoms with Gasteiger partial charge in [-0.2, -0.15) is 0 Å². The quantitative estimate of drug-likeness (QED) is 0.507. The van der Waals surface area contributed by atoms with Gasteiger partial charge >= 0.3 is 24.3 Å². The van der Waals surface area contributed by atoms with Crippen molar-refractivity contribution < 1.29 is 38.4 Å². The molecule has 1 aliphatic rings. The van der Waals surface area contributed by atoms with Crippen molar-refractivity contribution in [1.29, 1.82) is 0 Å². The van der Waals surface area contributed by atoms with Crippen LogP contribution in [0.5, 0.6) is 0 Å². The Labute approximate surface area is 150 Å². The van der Waals surface area contributed by atoms with Crippen LogP contribution in [0.3, 0.4) is 0 Å². The Bertz CT molecular complexity index is 355. The number of carbonyl (C=O) groups is 2. The summed E-state index contributed by atoms with van der Waals surface area (Å²) in [5.41, 5.74) is 5.07. The standard InChI is InChI=1S/C8H11NO2.C7H17NO2.CH2.W/c1-2-3-6-9-7(10)4-5-8(9)11;1-7(2,6-9-3)10-5-4-8;;/h4-5H,2-3,6H2,1H3;4-6,8H2,1-3H3;1H2;. The molecule has 2 N–H and O–H groups in total. The zero-order valence-corrected chi connectivity index (χ0v) is 17.6. The van der Waals surface area contributed by atoms with Gasteiger partial charge in [0.15, 0.2) is 0 Å². The van der Waals surface area contributed by atoms with Crippen molar-refractivity contribution in [2.45, 2.75) is 39.2 Å². The van der Waals surface area contributed by atoms with E-state index in [0.29, 0.717) is 26.3 Å². The molecule has 0 fully saturated rings. The van der Waals surface area contributed by atoms with Crippen molar-refractivity contribution in [3.05, 3.63) is 12.2 Å². The minimum absolute atomic E-state index is 0.177. The normalized spacial score (nSPS) is 13.3. The SMILES string of the molecule is CCCCN1C(=O)C=CC1=O.COCC(C)(C)OCCN.[CH2]=[W]. The zero-order chi connectivity index (χ0) is 18.3. The van der Waals surface area contributed by atoms with Gasteiger partial charge in [0.2, 0.25) is 0 Å². The van der Waals surface area contributed by atoms with E-state index in [1.165, 1.54) is 36.4 Å². The van der Waals surface area contributed by atoms with Crippen molar-refractivity contribution >= 4 is 16.7 Å². The predicted octanol–water partition coefficient (Wildman–Crippen LogP) is 1.06. The van der Waals surface area contributed by atoms with E-state index in [-0.39, 0.29) is 17.4 Å². The van der Waals surface area contributed by atoms with Crippen LogP contribution in [0.2, 0.25) is 0 Å². The molecule has 6 nitrogen and oxygen atoms in total. The van der Waals surface area contributed by atoms with Gasteiger partial charge in [0.05, 0.1) is 18.8 Å². The second kappa shape index (κ2) is 14.9. The third-order valence-electron chi connectivity index (χ3n) is 2.74. The van der Waals surface area contributed by atoms with E-state index in [9.17, 15) is 9.59 Å². The molecule has 0 spiro atoms. The molecule has 134 valence electrons. The average molecular weight is 498 g/mol. The number of imide groups is 1. The minimum atomic E-state index is -0.200. The first-order chi connectivity index (χ1) is 10.9. The summed E-state index contributed by atoms with van der Waals surface area (Å²) in [5.74, 6) is -0.355. The first-order valence-electron chi connectivity index (χ1n) is 7.53. The first kappa shape index (κ1) is 24.6. The molecule has 0 aromatic heterocycles. The molecule has 0 radical (unpaired) electrons. The molecule has 0 aromatic rings. The van der Waals surface area contributed by atoms with Crippen LogP contribution in [0.15, 0.2) is 12.2 Å². The summed E-state index contributed by atoms with van der Waals surface area (Å²) < 4.78 is 10.3. The maximum atomic E-state index is 10.9. The summed E-state index contributed by atoms with van der Waals surface area (Å²) >= 11 is 1.33. The molecule has 0 aromatic carbocycles. The zero-order valence-electron chi connectivity index (χ0n) is 14.7. The molecule has 2 amide bonds. The second-order valence-electron chi connectivity index (χ2n) is 5.34. The van der Waals surface area contributed by atoms with Crippen LogP contribution in [-0.2, 0) is 38.4 Å². The van der Waals surface area contributed by atoms with Gasteiger partial charge in [0.1, 0.15) is 0 Å². The van der Waals surface area contributed by atoms with Crippen LogP contribution in [0.4, 0.5) is 0 Å². The molecule has 1 heterocycles. The molecule has 0 atom stereocenters. The van der Waals surface area contributed by atoms with E-state index in [2.05, 4.69) is 4.90 Å². The van der Waals surface area contributed by atoms with Gasteiger partial charge < -0.3 is 15.2 Å². The summed E-state index contributed by atoms with van der Waals surface area (Å²) in [5, 5.41) is 0. The van der Waals surface area contributed by atoms with E-state index in [4.69, 9.17) is 15.2 Å². The van der Waals surface area contributed by atoms with Crippen LogP contribution < -0.4 is 5.73 Å². The molecule has 0 saturated carbocycles. The molecule has 0 aliphatic carbocycles. The van der Waals surface area contributed by atoms with Gasteiger partial charge in [-0.25, -0.2) is 0 Å². The van der Waals surface area contributed by atoms with Crippen molar-refractivity contribution in [1.82, 2.24) is 4.90 Å². The molecule has 1 rings (SSSR count). The molecule has 1 aliphatic heterocycles. The topological polar surface area (TPSA) is 81.9 Å². The van der Waals surface area contributed by atoms with E-state index in [0.717, 1.165) is 12.8 Å². The molecular formula is C16H30N2O4W. The van der Waals surface area contributed by atoms with E-state index < -0.39 is 0 Å². The van der Waals surface area contributed by atoms with Crippen LogP contribution in [0.25, 0.3) is 0 Å². The van der Waals surface area contributed by atoms with Gasteiger partial charge in [0, 0.05) is 32.4 Å². The van der Waals surface area contributed by atoms with Gasteiger partial charge in [-0.15, -0.1) is 0 Å². The molecule has 23 heavy (non-hydrogen) atoms. The summed E-state index contributed by atoms with van der Waals surface area (Å²) in [7, 11) is 1.66. The Morgan fingerprint density at radius 1 is 1.26 bits per heavy atom. The van der Waals surface area contributed by atoms with Crippen molar-refractivity contribution in [2.24, 2.45) is 5.73 Å². The number of methoxy groups -OCH3 is 1. The first-order valence-corrected chi connectivity index (χ1v) is 9.60. The third kappa shape index (κ3) is 12.4. The number of nitrogens with two attached hydrogens (primary N) is 1. The molecule has 0 unspecified atom stereocenters. The fraction of sp³-hybridized carbons (Fsp3) is 0.688. The number of carbonyl (C=O) groups excluding carboxylic acids is 2. The van der Waals surface area contributed by atoms with E-state index in [1.807, 2.05) is 20.8 Å². The monoisotopic (exact) mass is 498 g/mol. The van der Waals surface area contributed by atoms with Crippen LogP contribution in [-0.4, -0.2) is 60.6 Å². The number of nitrogens with zero attached hydrogens (tertiary/aromatic N) is 1. The number of unbranched alkanes of at least 4 members (excludes halogenated alkanes) is 1. The van der Waals surface area contributed by atoms with Gasteiger partial charge in [-0.1, -0.05) is 13.3 Å². The fourth-order valence-electron chi connectivity index (χ4n) is 1.69. The predicted molar refractivity (Wildman–Crippen MR) is 88.9 cm³/mol. The van der Waals surface area contributed by atoms with E-state index in [1.54, 1.807) is 7.11 Å². The molecular weight excluding hydrogens is 468 g/mol. The Morgan fingerprint density at radius 2 is 1.78 bits per heavy atom. The van der Waals surface area contributed by atoms with Gasteiger partial charge in [-0.3, -0.25) is 14.5 Å². The van der Waals surface area contributed by atoms with Crippen LogP contribution in [0, 0.1) is 0 Å². The molecule has 0 bridgehead atoms. The number of hydrogen-bond acceptors (Lipinski definition) is 5. The van der Waals surface area contributed by atoms with Crippen molar-refractivity contribution in [3.8, 4) is 0 Å². The fourth-order valence-corrected chi connectivity index (χ4v) is 1.69. The molecule has 0 saturated heterocycles. The Balaban J connectivity index is 0.